The number of hydrogen-bond donors (Lipinski definition) is 0. The zero-order chi connectivity index (χ0) is 19.8. The average molecular weight is 381 g/mol. The van der Waals surface area contributed by atoms with Gasteiger partial charge in [-0.3, -0.25) is 14.6 Å². The molecule has 7 heteroatoms. The molecule has 1 aromatic carbocycles. The van der Waals surface area contributed by atoms with Crippen molar-refractivity contribution in [2.24, 2.45) is 7.05 Å². The van der Waals surface area contributed by atoms with E-state index in [4.69, 9.17) is 9.97 Å². The van der Waals surface area contributed by atoms with Gasteiger partial charge in [-0.1, -0.05) is 12.1 Å². The van der Waals surface area contributed by atoms with Gasteiger partial charge in [0.2, 0.25) is 0 Å². The number of pyridine rings is 2. The molecule has 0 fully saturated rings. The van der Waals surface area contributed by atoms with Crippen molar-refractivity contribution in [3.8, 4) is 11.4 Å². The Hall–Kier alpha value is -3.87. The van der Waals surface area contributed by atoms with E-state index in [9.17, 15) is 0 Å². The summed E-state index contributed by atoms with van der Waals surface area (Å²) in [4.78, 5) is 20.3. The van der Waals surface area contributed by atoms with Gasteiger partial charge in [0, 0.05) is 50.2 Å². The summed E-state index contributed by atoms with van der Waals surface area (Å²) in [7, 11) is 3.93. The summed E-state index contributed by atoms with van der Waals surface area (Å²) in [5.41, 5.74) is 3.85. The van der Waals surface area contributed by atoms with Crippen LogP contribution in [0.25, 0.3) is 33.3 Å². The monoisotopic (exact) mass is 381 g/mol. The van der Waals surface area contributed by atoms with Gasteiger partial charge in [0.15, 0.2) is 11.5 Å². The minimum absolute atomic E-state index is 0.638. The second-order valence-corrected chi connectivity index (χ2v) is 7.00. The summed E-state index contributed by atoms with van der Waals surface area (Å²) in [6.45, 7) is 0.707. The summed E-state index contributed by atoms with van der Waals surface area (Å²) in [5, 5.41) is 6.43. The molecule has 0 unspecified atom stereocenters. The number of hydrogen-bond acceptors (Lipinski definition) is 6. The molecule has 0 atom stereocenters. The first-order chi connectivity index (χ1) is 14.2. The number of benzene rings is 1. The Labute approximate surface area is 167 Å². The smallest absolute Gasteiger partial charge is 0.165 e. The molecule has 0 bridgehead atoms. The Morgan fingerprint density at radius 3 is 2.76 bits per heavy atom. The van der Waals surface area contributed by atoms with Crippen LogP contribution in [0.1, 0.15) is 5.56 Å². The Kier molecular flexibility index (Phi) is 4.13. The van der Waals surface area contributed by atoms with Crippen LogP contribution in [-0.4, -0.2) is 36.8 Å². The fraction of sp³-hybridized carbons (Fsp3) is 0.136. The molecule has 5 aromatic rings. The Bertz CT molecular complexity index is 1310. The van der Waals surface area contributed by atoms with E-state index >= 15 is 0 Å². The normalized spacial score (nSPS) is 11.2. The third-order valence-electron chi connectivity index (χ3n) is 4.94. The number of aromatic nitrogens is 6. The maximum absolute atomic E-state index is 4.85. The predicted octanol–water partition coefficient (Wildman–Crippen LogP) is 3.61. The summed E-state index contributed by atoms with van der Waals surface area (Å²) < 4.78 is 1.77. The van der Waals surface area contributed by atoms with Gasteiger partial charge in [0.1, 0.15) is 5.82 Å². The van der Waals surface area contributed by atoms with Crippen molar-refractivity contribution in [1.82, 2.24) is 29.7 Å². The number of nitrogens with zero attached hydrogens (tertiary/aromatic N) is 7. The van der Waals surface area contributed by atoms with E-state index in [0.717, 1.165) is 33.3 Å². The second kappa shape index (κ2) is 6.94. The van der Waals surface area contributed by atoms with Crippen molar-refractivity contribution in [3.05, 3.63) is 72.8 Å². The lowest BCUT2D eigenvalue weighted by Crippen LogP contribution is -2.18. The van der Waals surface area contributed by atoms with Crippen LogP contribution in [0.15, 0.2) is 67.3 Å². The molecule has 0 amide bonds. The molecule has 0 N–H and O–H groups in total. The van der Waals surface area contributed by atoms with Gasteiger partial charge in [0.05, 0.1) is 17.1 Å². The van der Waals surface area contributed by atoms with Crippen molar-refractivity contribution < 1.29 is 0 Å². The van der Waals surface area contributed by atoms with Gasteiger partial charge >= 0.3 is 0 Å². The SMILES string of the molecule is CN(Cc1ccc2ncccc2c1)c1nc(-c2cccnc2)nc2c1cnn2C. The number of fused-ring (bicyclic) bond motifs is 2. The maximum atomic E-state index is 4.85. The molecule has 7 nitrogen and oxygen atoms in total. The average Bonchev–Trinajstić information content (AvgIpc) is 3.14. The van der Waals surface area contributed by atoms with Crippen molar-refractivity contribution in [3.63, 3.8) is 0 Å². The van der Waals surface area contributed by atoms with Crippen molar-refractivity contribution >= 4 is 27.8 Å². The molecule has 0 saturated carbocycles. The van der Waals surface area contributed by atoms with E-state index in [2.05, 4.69) is 44.2 Å². The van der Waals surface area contributed by atoms with E-state index in [1.54, 1.807) is 17.1 Å². The van der Waals surface area contributed by atoms with E-state index in [0.29, 0.717) is 12.4 Å². The molecule has 0 spiro atoms. The van der Waals surface area contributed by atoms with E-state index < -0.39 is 0 Å². The summed E-state index contributed by atoms with van der Waals surface area (Å²) >= 11 is 0. The fourth-order valence-corrected chi connectivity index (χ4v) is 3.49. The number of rotatable bonds is 4. The Balaban J connectivity index is 1.57. The Morgan fingerprint density at radius 2 is 1.90 bits per heavy atom. The molecule has 142 valence electrons. The highest BCUT2D eigenvalue weighted by Crippen LogP contribution is 2.27. The Morgan fingerprint density at radius 1 is 1.00 bits per heavy atom. The molecule has 0 aliphatic rings. The van der Waals surface area contributed by atoms with Crippen LogP contribution in [0, 0.1) is 0 Å². The molecule has 4 aromatic heterocycles. The first kappa shape index (κ1) is 17.2. The highest BCUT2D eigenvalue weighted by atomic mass is 15.3. The van der Waals surface area contributed by atoms with Crippen molar-refractivity contribution in [1.29, 1.82) is 0 Å². The molecule has 5 rings (SSSR count). The topological polar surface area (TPSA) is 72.6 Å². The predicted molar refractivity (Wildman–Crippen MR) is 113 cm³/mol. The molecular weight excluding hydrogens is 362 g/mol. The quantitative estimate of drug-likeness (QED) is 0.474. The van der Waals surface area contributed by atoms with Crippen LogP contribution in [0.2, 0.25) is 0 Å². The van der Waals surface area contributed by atoms with Gasteiger partial charge in [-0.2, -0.15) is 5.10 Å². The van der Waals surface area contributed by atoms with Crippen LogP contribution in [0.4, 0.5) is 5.82 Å². The molecule has 0 aliphatic carbocycles. The molecular formula is C22H19N7. The first-order valence-electron chi connectivity index (χ1n) is 9.34. The summed E-state index contributed by atoms with van der Waals surface area (Å²) in [5.74, 6) is 1.48. The lowest BCUT2D eigenvalue weighted by Gasteiger charge is -2.20. The third-order valence-corrected chi connectivity index (χ3v) is 4.94. The standard InChI is InChI=1S/C22H19N7/c1-28(14-15-7-8-19-16(11-15)5-4-10-24-19)21-18-13-25-29(2)22(18)27-20(26-21)17-6-3-9-23-12-17/h3-13H,14H2,1-2H3. The summed E-state index contributed by atoms with van der Waals surface area (Å²) in [6.07, 6.45) is 7.15. The molecule has 0 saturated heterocycles. The van der Waals surface area contributed by atoms with Crippen LogP contribution in [-0.2, 0) is 13.6 Å². The van der Waals surface area contributed by atoms with Crippen LogP contribution < -0.4 is 4.90 Å². The van der Waals surface area contributed by atoms with E-state index in [1.165, 1.54) is 5.56 Å². The number of aryl methyl sites for hydroxylation is 1. The first-order valence-corrected chi connectivity index (χ1v) is 9.34. The van der Waals surface area contributed by atoms with Crippen molar-refractivity contribution in [2.75, 3.05) is 11.9 Å². The van der Waals surface area contributed by atoms with Gasteiger partial charge in [-0.25, -0.2) is 9.97 Å². The van der Waals surface area contributed by atoms with Crippen LogP contribution in [0.5, 0.6) is 0 Å². The van der Waals surface area contributed by atoms with Crippen LogP contribution in [0.3, 0.4) is 0 Å². The molecule has 4 heterocycles. The van der Waals surface area contributed by atoms with Crippen molar-refractivity contribution in [2.45, 2.75) is 6.54 Å². The van der Waals surface area contributed by atoms with E-state index in [-0.39, 0.29) is 0 Å². The van der Waals surface area contributed by atoms with Gasteiger partial charge in [-0.15, -0.1) is 0 Å². The lowest BCUT2D eigenvalue weighted by molar-refractivity contribution is 0.785. The number of anilines is 1. The maximum Gasteiger partial charge on any atom is 0.165 e. The minimum Gasteiger partial charge on any atom is -0.355 e. The highest BCUT2D eigenvalue weighted by molar-refractivity contribution is 5.88. The molecule has 0 radical (unpaired) electrons. The van der Waals surface area contributed by atoms with Crippen LogP contribution >= 0.6 is 0 Å². The zero-order valence-corrected chi connectivity index (χ0v) is 16.2. The third kappa shape index (κ3) is 3.16. The molecule has 0 aliphatic heterocycles. The fourth-order valence-electron chi connectivity index (χ4n) is 3.49. The largest absolute Gasteiger partial charge is 0.355 e. The van der Waals surface area contributed by atoms with Gasteiger partial charge in [0.25, 0.3) is 0 Å². The summed E-state index contributed by atoms with van der Waals surface area (Å²) in [6, 6.07) is 14.2. The minimum atomic E-state index is 0.638. The lowest BCUT2D eigenvalue weighted by atomic mass is 10.1. The van der Waals surface area contributed by atoms with Gasteiger partial charge < -0.3 is 4.90 Å². The molecule has 29 heavy (non-hydrogen) atoms. The zero-order valence-electron chi connectivity index (χ0n) is 16.2. The van der Waals surface area contributed by atoms with Gasteiger partial charge in [-0.05, 0) is 35.9 Å². The highest BCUT2D eigenvalue weighted by Gasteiger charge is 2.16. The second-order valence-electron chi connectivity index (χ2n) is 7.00. The van der Waals surface area contributed by atoms with E-state index in [1.807, 2.05) is 44.7 Å².